The number of aliphatic hydroxyl groups excluding tert-OH is 1. The number of primary amides is 1. The molecule has 0 spiro atoms. The number of methoxy groups -OCH3 is 1. The van der Waals surface area contributed by atoms with Crippen molar-refractivity contribution in [1.29, 1.82) is 0 Å². The van der Waals surface area contributed by atoms with Crippen molar-refractivity contribution in [2.24, 2.45) is 5.73 Å². The monoisotopic (exact) mass is 397 g/mol. The minimum Gasteiger partial charge on any atom is -0.480 e. The predicted octanol–water partition coefficient (Wildman–Crippen LogP) is 1.32. The lowest BCUT2D eigenvalue weighted by Gasteiger charge is -2.29. The van der Waals surface area contributed by atoms with E-state index in [9.17, 15) is 9.90 Å². The fourth-order valence-electron chi connectivity index (χ4n) is 3.77. The molecule has 0 radical (unpaired) electrons. The summed E-state index contributed by atoms with van der Waals surface area (Å²) in [5.74, 6) is 0.956. The van der Waals surface area contributed by atoms with Crippen molar-refractivity contribution in [2.75, 3.05) is 24.4 Å². The smallest absolute Gasteiger partial charge is 0.254 e. The Hall–Kier alpha value is -3.40. The SMILES string of the molecule is COc1ncccc1Nc1cc(N(C)[C@H]2CCC[C@@H]2O)n2ncc(C(N)=O)c2n1. The summed E-state index contributed by atoms with van der Waals surface area (Å²) in [5, 5.41) is 17.8. The quantitative estimate of drug-likeness (QED) is 0.568. The fourth-order valence-corrected chi connectivity index (χ4v) is 3.77. The molecule has 1 aliphatic rings. The van der Waals surface area contributed by atoms with E-state index in [1.54, 1.807) is 16.8 Å². The summed E-state index contributed by atoms with van der Waals surface area (Å²) in [6.07, 6.45) is 5.18. The first kappa shape index (κ1) is 18.9. The molecule has 2 atom stereocenters. The maximum Gasteiger partial charge on any atom is 0.254 e. The number of carbonyl (C=O) groups excluding carboxylic acids is 1. The lowest BCUT2D eigenvalue weighted by atomic mass is 10.2. The Morgan fingerprint density at radius 1 is 1.45 bits per heavy atom. The van der Waals surface area contributed by atoms with Gasteiger partial charge in [0.2, 0.25) is 5.88 Å². The molecule has 1 saturated carbocycles. The number of likely N-dealkylation sites (N-methyl/N-ethyl adjacent to an activating group) is 1. The Bertz CT molecular complexity index is 1050. The molecule has 0 aliphatic heterocycles. The summed E-state index contributed by atoms with van der Waals surface area (Å²) in [6.45, 7) is 0. The molecule has 0 aromatic carbocycles. The Kier molecular flexibility index (Phi) is 4.93. The standard InChI is InChI=1S/C19H23N7O3/c1-25(13-6-3-7-14(13)27)16-9-15(23-12-5-4-8-21-19(12)29-2)24-18-11(17(20)28)10-22-26(16)18/h4-5,8-10,13-14,27H,3,6-7H2,1-2H3,(H2,20,28)(H,23,24)/t13-,14-/m0/s1. The molecule has 0 unspecified atom stereocenters. The first-order chi connectivity index (χ1) is 14.0. The maximum absolute atomic E-state index is 11.9. The molecule has 1 aliphatic carbocycles. The van der Waals surface area contributed by atoms with Gasteiger partial charge >= 0.3 is 0 Å². The van der Waals surface area contributed by atoms with E-state index in [4.69, 9.17) is 10.5 Å². The molecule has 3 aromatic heterocycles. The van der Waals surface area contributed by atoms with Gasteiger partial charge in [0.25, 0.3) is 5.91 Å². The zero-order valence-corrected chi connectivity index (χ0v) is 16.2. The molecule has 3 aromatic rings. The van der Waals surface area contributed by atoms with Gasteiger partial charge < -0.3 is 25.8 Å². The molecule has 10 heteroatoms. The number of hydrogen-bond donors (Lipinski definition) is 3. The third kappa shape index (κ3) is 3.42. The van der Waals surface area contributed by atoms with E-state index in [0.29, 0.717) is 28.9 Å². The Labute approximate surface area is 167 Å². The zero-order chi connectivity index (χ0) is 20.5. The van der Waals surface area contributed by atoms with Crippen LogP contribution in [-0.2, 0) is 0 Å². The van der Waals surface area contributed by atoms with Crippen LogP contribution in [0.2, 0.25) is 0 Å². The molecule has 4 rings (SSSR count). The second-order valence-electron chi connectivity index (χ2n) is 7.02. The van der Waals surface area contributed by atoms with Crippen LogP contribution in [-0.4, -0.2) is 56.9 Å². The third-order valence-corrected chi connectivity index (χ3v) is 5.25. The number of nitrogens with zero attached hydrogens (tertiary/aromatic N) is 5. The Balaban J connectivity index is 1.82. The van der Waals surface area contributed by atoms with E-state index in [-0.39, 0.29) is 11.6 Å². The van der Waals surface area contributed by atoms with Crippen molar-refractivity contribution in [3.63, 3.8) is 0 Å². The van der Waals surface area contributed by atoms with Gasteiger partial charge in [-0.3, -0.25) is 4.79 Å². The second kappa shape index (κ2) is 7.55. The van der Waals surface area contributed by atoms with Gasteiger partial charge in [-0.15, -0.1) is 0 Å². The van der Waals surface area contributed by atoms with Crippen molar-refractivity contribution < 1.29 is 14.6 Å². The van der Waals surface area contributed by atoms with Gasteiger partial charge in [0.15, 0.2) is 5.65 Å². The third-order valence-electron chi connectivity index (χ3n) is 5.25. The van der Waals surface area contributed by atoms with Gasteiger partial charge in [-0.2, -0.15) is 9.61 Å². The van der Waals surface area contributed by atoms with Crippen LogP contribution in [0.4, 0.5) is 17.3 Å². The minimum absolute atomic E-state index is 0.0531. The summed E-state index contributed by atoms with van der Waals surface area (Å²) in [7, 11) is 3.43. The molecule has 0 saturated heterocycles. The molecule has 152 valence electrons. The van der Waals surface area contributed by atoms with Crippen molar-refractivity contribution in [1.82, 2.24) is 19.6 Å². The highest BCUT2D eigenvalue weighted by Crippen LogP contribution is 2.31. The number of rotatable bonds is 6. The number of amides is 1. The Morgan fingerprint density at radius 2 is 2.28 bits per heavy atom. The predicted molar refractivity (Wildman–Crippen MR) is 108 cm³/mol. The van der Waals surface area contributed by atoms with Crippen LogP contribution < -0.4 is 20.7 Å². The summed E-state index contributed by atoms with van der Waals surface area (Å²) < 4.78 is 6.85. The Morgan fingerprint density at radius 3 is 2.97 bits per heavy atom. The van der Waals surface area contributed by atoms with Gasteiger partial charge in [-0.25, -0.2) is 9.97 Å². The molecular formula is C19H23N7O3. The van der Waals surface area contributed by atoms with Crippen LogP contribution in [0.15, 0.2) is 30.6 Å². The number of pyridine rings is 1. The van der Waals surface area contributed by atoms with E-state index in [1.807, 2.05) is 24.1 Å². The van der Waals surface area contributed by atoms with Crippen LogP contribution in [0.1, 0.15) is 29.6 Å². The highest BCUT2D eigenvalue weighted by molar-refractivity contribution is 5.99. The molecule has 1 amide bonds. The molecule has 3 heterocycles. The topological polar surface area (TPSA) is 131 Å². The number of nitrogens with two attached hydrogens (primary N) is 1. The average Bonchev–Trinajstić information content (AvgIpc) is 3.33. The van der Waals surface area contributed by atoms with Crippen molar-refractivity contribution in [2.45, 2.75) is 31.4 Å². The second-order valence-corrected chi connectivity index (χ2v) is 7.02. The lowest BCUT2D eigenvalue weighted by Crippen LogP contribution is -2.38. The maximum atomic E-state index is 11.9. The van der Waals surface area contributed by atoms with Crippen LogP contribution in [0, 0.1) is 0 Å². The fraction of sp³-hybridized carbons (Fsp3) is 0.368. The summed E-state index contributed by atoms with van der Waals surface area (Å²) >= 11 is 0. The normalized spacial score (nSPS) is 18.7. The number of ether oxygens (including phenoxy) is 1. The van der Waals surface area contributed by atoms with Gasteiger partial charge in [0.05, 0.1) is 25.5 Å². The van der Waals surface area contributed by atoms with E-state index in [1.165, 1.54) is 13.3 Å². The lowest BCUT2D eigenvalue weighted by molar-refractivity contribution is 0.100. The summed E-state index contributed by atoms with van der Waals surface area (Å²) in [4.78, 5) is 22.5. The molecular weight excluding hydrogens is 374 g/mol. The summed E-state index contributed by atoms with van der Waals surface area (Å²) in [5.41, 5.74) is 6.68. The van der Waals surface area contributed by atoms with E-state index in [0.717, 1.165) is 19.3 Å². The molecule has 0 bridgehead atoms. The van der Waals surface area contributed by atoms with Gasteiger partial charge in [0.1, 0.15) is 22.9 Å². The minimum atomic E-state index is -0.613. The molecule has 4 N–H and O–H groups in total. The average molecular weight is 397 g/mol. The van der Waals surface area contributed by atoms with Gasteiger partial charge in [-0.1, -0.05) is 0 Å². The molecule has 29 heavy (non-hydrogen) atoms. The van der Waals surface area contributed by atoms with Crippen LogP contribution in [0.25, 0.3) is 5.65 Å². The van der Waals surface area contributed by atoms with Crippen LogP contribution in [0.3, 0.4) is 0 Å². The van der Waals surface area contributed by atoms with Crippen molar-refractivity contribution >= 4 is 28.9 Å². The zero-order valence-electron chi connectivity index (χ0n) is 16.2. The van der Waals surface area contributed by atoms with Gasteiger partial charge in [-0.05, 0) is 31.4 Å². The van der Waals surface area contributed by atoms with E-state index in [2.05, 4.69) is 20.4 Å². The number of aliphatic hydroxyl groups is 1. The van der Waals surface area contributed by atoms with Crippen molar-refractivity contribution in [3.05, 3.63) is 36.2 Å². The number of fused-ring (bicyclic) bond motifs is 1. The van der Waals surface area contributed by atoms with Crippen LogP contribution >= 0.6 is 0 Å². The highest BCUT2D eigenvalue weighted by atomic mass is 16.5. The number of carbonyl (C=O) groups is 1. The number of hydrogen-bond acceptors (Lipinski definition) is 8. The first-order valence-corrected chi connectivity index (χ1v) is 9.35. The van der Waals surface area contributed by atoms with Crippen molar-refractivity contribution in [3.8, 4) is 5.88 Å². The number of aromatic nitrogens is 4. The number of anilines is 3. The highest BCUT2D eigenvalue weighted by Gasteiger charge is 2.31. The van der Waals surface area contributed by atoms with Crippen LogP contribution in [0.5, 0.6) is 5.88 Å². The number of nitrogens with one attached hydrogen (secondary N) is 1. The van der Waals surface area contributed by atoms with E-state index >= 15 is 0 Å². The molecule has 1 fully saturated rings. The van der Waals surface area contributed by atoms with E-state index < -0.39 is 12.0 Å². The summed E-state index contributed by atoms with van der Waals surface area (Å²) in [6, 6.07) is 5.34. The molecule has 10 nitrogen and oxygen atoms in total. The van der Waals surface area contributed by atoms with Gasteiger partial charge in [0, 0.05) is 19.3 Å². The first-order valence-electron chi connectivity index (χ1n) is 9.35. The largest absolute Gasteiger partial charge is 0.480 e.